The van der Waals surface area contributed by atoms with E-state index in [2.05, 4.69) is 5.32 Å². The summed E-state index contributed by atoms with van der Waals surface area (Å²) in [6.45, 7) is 1.17. The lowest BCUT2D eigenvalue weighted by atomic mass is 10.2. The van der Waals surface area contributed by atoms with Crippen molar-refractivity contribution in [3.63, 3.8) is 0 Å². The van der Waals surface area contributed by atoms with Gasteiger partial charge in [0.1, 0.15) is 0 Å². The number of rotatable bonds is 9. The van der Waals surface area contributed by atoms with Crippen molar-refractivity contribution in [2.75, 3.05) is 25.5 Å². The number of ketones is 1. The molecule has 1 heterocycles. The van der Waals surface area contributed by atoms with Crippen molar-refractivity contribution < 1.29 is 23.9 Å². The molecule has 2 aromatic rings. The average molecular weight is 437 g/mol. The highest BCUT2D eigenvalue weighted by Gasteiger charge is 2.17. The first-order valence-electron chi connectivity index (χ1n) is 8.80. The monoisotopic (exact) mass is 436 g/mol. The second kappa shape index (κ2) is 10.7. The van der Waals surface area contributed by atoms with E-state index in [1.165, 1.54) is 18.4 Å². The number of anilines is 1. The van der Waals surface area contributed by atoms with Crippen molar-refractivity contribution >= 4 is 52.2 Å². The fourth-order valence-corrected chi connectivity index (χ4v) is 3.32. The molecule has 9 heteroatoms. The molecule has 1 N–H and O–H groups in total. The van der Waals surface area contributed by atoms with E-state index in [0.29, 0.717) is 15.6 Å². The topological polar surface area (TPSA) is 92.8 Å². The van der Waals surface area contributed by atoms with E-state index in [0.717, 1.165) is 9.78 Å². The molecule has 0 aliphatic heterocycles. The number of benzene rings is 1. The molecule has 0 saturated carbocycles. The molecule has 0 unspecified atom stereocenters. The minimum Gasteiger partial charge on any atom is -0.456 e. The Hall–Kier alpha value is -2.71. The van der Waals surface area contributed by atoms with Gasteiger partial charge in [0, 0.05) is 18.3 Å². The van der Waals surface area contributed by atoms with Gasteiger partial charge in [-0.2, -0.15) is 0 Å². The summed E-state index contributed by atoms with van der Waals surface area (Å²) in [5, 5.41) is 2.99. The number of hydrogen-bond acceptors (Lipinski definition) is 6. The van der Waals surface area contributed by atoms with E-state index in [1.807, 2.05) is 13.0 Å². The minimum absolute atomic E-state index is 0.0169. The van der Waals surface area contributed by atoms with Crippen LogP contribution in [0.4, 0.5) is 5.69 Å². The number of likely N-dealkylation sites (N-methyl/N-ethyl adjacent to an activating group) is 1. The number of Topliss-reactive ketones (excluding diaryl/α,β-unsaturated/α-hetero) is 1. The van der Waals surface area contributed by atoms with Gasteiger partial charge in [0.15, 0.2) is 12.4 Å². The van der Waals surface area contributed by atoms with Crippen molar-refractivity contribution in [1.82, 2.24) is 4.90 Å². The molecule has 0 aliphatic carbocycles. The van der Waals surface area contributed by atoms with Crippen LogP contribution in [-0.2, 0) is 19.1 Å². The van der Waals surface area contributed by atoms with Gasteiger partial charge in [-0.25, -0.2) is 0 Å². The van der Waals surface area contributed by atoms with E-state index < -0.39 is 24.4 Å². The summed E-state index contributed by atoms with van der Waals surface area (Å²) in [6, 6.07) is 10.3. The molecule has 29 heavy (non-hydrogen) atoms. The van der Waals surface area contributed by atoms with Gasteiger partial charge < -0.3 is 15.0 Å². The van der Waals surface area contributed by atoms with Crippen molar-refractivity contribution in [2.45, 2.75) is 19.8 Å². The van der Waals surface area contributed by atoms with Gasteiger partial charge in [0.25, 0.3) is 5.91 Å². The summed E-state index contributed by atoms with van der Waals surface area (Å²) in [4.78, 5) is 50.6. The van der Waals surface area contributed by atoms with Crippen LogP contribution in [0.3, 0.4) is 0 Å². The van der Waals surface area contributed by atoms with Gasteiger partial charge >= 0.3 is 5.97 Å². The van der Waals surface area contributed by atoms with E-state index in [1.54, 1.807) is 30.3 Å². The van der Waals surface area contributed by atoms with Crippen molar-refractivity contribution in [3.8, 4) is 0 Å². The molecule has 1 aromatic heterocycles. The Morgan fingerprint density at radius 2 is 1.83 bits per heavy atom. The molecule has 0 atom stereocenters. The number of nitrogens with zero attached hydrogens (tertiary/aromatic N) is 1. The zero-order valence-electron chi connectivity index (χ0n) is 16.1. The highest BCUT2D eigenvalue weighted by molar-refractivity contribution is 7.14. The summed E-state index contributed by atoms with van der Waals surface area (Å²) in [7, 11) is 1.42. The molecular formula is C20H21ClN2O5S. The van der Waals surface area contributed by atoms with E-state index in [9.17, 15) is 19.2 Å². The lowest BCUT2D eigenvalue weighted by molar-refractivity contribution is -0.151. The molecule has 7 nitrogen and oxygen atoms in total. The van der Waals surface area contributed by atoms with Crippen LogP contribution in [0.15, 0.2) is 36.4 Å². The van der Waals surface area contributed by atoms with E-state index >= 15 is 0 Å². The molecule has 154 valence electrons. The molecule has 2 amide bonds. The van der Waals surface area contributed by atoms with E-state index in [4.69, 9.17) is 16.3 Å². The molecule has 2 rings (SSSR count). The number of thiophene rings is 1. The molecule has 0 aliphatic rings. The summed E-state index contributed by atoms with van der Waals surface area (Å²) in [6.07, 6.45) is -0.0944. The highest BCUT2D eigenvalue weighted by atomic mass is 35.5. The first-order valence-corrected chi connectivity index (χ1v) is 9.99. The molecule has 0 spiro atoms. The van der Waals surface area contributed by atoms with Gasteiger partial charge in [0.2, 0.25) is 5.91 Å². The van der Waals surface area contributed by atoms with Crippen LogP contribution in [-0.4, -0.2) is 48.7 Å². The Morgan fingerprint density at radius 1 is 1.10 bits per heavy atom. The van der Waals surface area contributed by atoms with Gasteiger partial charge in [-0.1, -0.05) is 23.7 Å². The molecular weight excluding hydrogens is 416 g/mol. The zero-order chi connectivity index (χ0) is 21.4. The lowest BCUT2D eigenvalue weighted by Crippen LogP contribution is -2.37. The van der Waals surface area contributed by atoms with Crippen molar-refractivity contribution in [2.24, 2.45) is 0 Å². The molecule has 0 bridgehead atoms. The number of carbonyl (C=O) groups excluding carboxylic acids is 4. The Kier molecular flexibility index (Phi) is 8.35. The minimum atomic E-state index is -0.645. The number of carbonyl (C=O) groups is 4. The third-order valence-corrected chi connectivity index (χ3v) is 5.25. The smallest absolute Gasteiger partial charge is 0.306 e. The highest BCUT2D eigenvalue weighted by Crippen LogP contribution is 2.20. The summed E-state index contributed by atoms with van der Waals surface area (Å²) in [5.74, 6) is -1.75. The van der Waals surface area contributed by atoms with Crippen LogP contribution in [0.5, 0.6) is 0 Å². The second-order valence-corrected chi connectivity index (χ2v) is 7.97. The van der Waals surface area contributed by atoms with Crippen LogP contribution in [0.2, 0.25) is 5.02 Å². The Balaban J connectivity index is 1.70. The number of hydrogen-bond donors (Lipinski definition) is 1. The van der Waals surface area contributed by atoms with Crippen LogP contribution in [0.1, 0.15) is 27.4 Å². The zero-order valence-corrected chi connectivity index (χ0v) is 17.6. The molecule has 0 saturated heterocycles. The summed E-state index contributed by atoms with van der Waals surface area (Å²) >= 11 is 7.34. The first kappa shape index (κ1) is 22.6. The van der Waals surface area contributed by atoms with E-state index in [-0.39, 0.29) is 25.2 Å². The average Bonchev–Trinajstić information content (AvgIpc) is 3.12. The SMILES string of the molecule is Cc1ccc(C(=O)CCC(=O)OCC(=O)N(C)CC(=O)Nc2ccccc2Cl)s1. The van der Waals surface area contributed by atoms with Crippen LogP contribution >= 0.6 is 22.9 Å². The van der Waals surface area contributed by atoms with Crippen molar-refractivity contribution in [3.05, 3.63) is 51.2 Å². The number of para-hydroxylation sites is 1. The fraction of sp³-hybridized carbons (Fsp3) is 0.300. The number of halogens is 1. The van der Waals surface area contributed by atoms with Crippen LogP contribution in [0.25, 0.3) is 0 Å². The van der Waals surface area contributed by atoms with Gasteiger partial charge in [0.05, 0.1) is 28.6 Å². The summed E-state index contributed by atoms with van der Waals surface area (Å²) in [5.41, 5.74) is 0.442. The first-order chi connectivity index (χ1) is 13.8. The largest absolute Gasteiger partial charge is 0.456 e. The van der Waals surface area contributed by atoms with Gasteiger partial charge in [-0.3, -0.25) is 19.2 Å². The van der Waals surface area contributed by atoms with Crippen LogP contribution < -0.4 is 5.32 Å². The lowest BCUT2D eigenvalue weighted by Gasteiger charge is -2.17. The molecule has 0 fully saturated rings. The predicted octanol–water partition coefficient (Wildman–Crippen LogP) is 3.31. The Morgan fingerprint density at radius 3 is 2.48 bits per heavy atom. The fourth-order valence-electron chi connectivity index (χ4n) is 2.30. The number of nitrogens with one attached hydrogen (secondary N) is 1. The third-order valence-electron chi connectivity index (χ3n) is 3.88. The summed E-state index contributed by atoms with van der Waals surface area (Å²) < 4.78 is 4.90. The number of aryl methyl sites for hydroxylation is 1. The number of esters is 1. The maximum absolute atomic E-state index is 12.0. The quantitative estimate of drug-likeness (QED) is 0.481. The normalized spacial score (nSPS) is 10.3. The standard InChI is InChI=1S/C20H21ClN2O5S/c1-13-7-9-17(29-13)16(24)8-10-20(27)28-12-19(26)23(2)11-18(25)22-15-6-4-3-5-14(15)21/h3-7,9H,8,10-12H2,1-2H3,(H,22,25). The van der Waals surface area contributed by atoms with Crippen LogP contribution in [0, 0.1) is 6.92 Å². The number of amides is 2. The Bertz CT molecular complexity index is 912. The maximum Gasteiger partial charge on any atom is 0.306 e. The second-order valence-electron chi connectivity index (χ2n) is 6.27. The molecule has 1 aromatic carbocycles. The number of ether oxygens (including phenoxy) is 1. The van der Waals surface area contributed by atoms with Gasteiger partial charge in [-0.15, -0.1) is 11.3 Å². The third kappa shape index (κ3) is 7.32. The molecule has 0 radical (unpaired) electrons. The Labute approximate surface area is 177 Å². The maximum atomic E-state index is 12.0. The van der Waals surface area contributed by atoms with Gasteiger partial charge in [-0.05, 0) is 31.2 Å². The predicted molar refractivity (Wildman–Crippen MR) is 111 cm³/mol. The van der Waals surface area contributed by atoms with Crippen molar-refractivity contribution in [1.29, 1.82) is 0 Å².